The fourth-order valence-corrected chi connectivity index (χ4v) is 0.936. The Morgan fingerprint density at radius 3 is 2.70 bits per heavy atom. The first-order valence-corrected chi connectivity index (χ1v) is 3.50. The third-order valence-electron chi connectivity index (χ3n) is 1.16. The van der Waals surface area contributed by atoms with Gasteiger partial charge in [-0.1, -0.05) is 13.8 Å². The smallest absolute Gasteiger partial charge is 0.217 e. The number of carbonyl (C=O) groups is 1. The highest BCUT2D eigenvalue weighted by molar-refractivity contribution is 5.73. The third-order valence-corrected chi connectivity index (χ3v) is 1.16. The summed E-state index contributed by atoms with van der Waals surface area (Å²) in [5.74, 6) is -0.500. The van der Waals surface area contributed by atoms with Gasteiger partial charge in [-0.3, -0.25) is 4.79 Å². The van der Waals surface area contributed by atoms with E-state index in [9.17, 15) is 4.79 Å². The highest BCUT2D eigenvalue weighted by Gasteiger charge is 2.04. The largest absolute Gasteiger partial charge is 0.354 e. The standard InChI is InChI=1S/C8H17NO/c1-6(2)5-7(3)9-8(4)10/h6-7H,5H2,1-4H3,(H,9,10)/t7-/m0/s1/i1D3/t6?,7-. The van der Waals surface area contributed by atoms with E-state index < -0.39 is 6.85 Å². The van der Waals surface area contributed by atoms with Crippen molar-refractivity contribution in [3.05, 3.63) is 0 Å². The molecule has 1 unspecified atom stereocenters. The van der Waals surface area contributed by atoms with Crippen molar-refractivity contribution in [2.45, 2.75) is 40.1 Å². The number of hydrogen-bond acceptors (Lipinski definition) is 1. The second-order valence-corrected chi connectivity index (χ2v) is 2.74. The van der Waals surface area contributed by atoms with Gasteiger partial charge in [-0.05, 0) is 19.3 Å². The van der Waals surface area contributed by atoms with Crippen LogP contribution in [0.3, 0.4) is 0 Å². The van der Waals surface area contributed by atoms with Crippen LogP contribution >= 0.6 is 0 Å². The number of rotatable bonds is 3. The van der Waals surface area contributed by atoms with Crippen molar-refractivity contribution in [2.24, 2.45) is 5.92 Å². The van der Waals surface area contributed by atoms with Crippen molar-refractivity contribution < 1.29 is 8.91 Å². The van der Waals surface area contributed by atoms with Crippen LogP contribution in [0.5, 0.6) is 0 Å². The van der Waals surface area contributed by atoms with Crippen molar-refractivity contribution >= 4 is 5.91 Å². The average Bonchev–Trinajstić information content (AvgIpc) is 1.82. The Morgan fingerprint density at radius 2 is 2.30 bits per heavy atom. The van der Waals surface area contributed by atoms with Crippen LogP contribution in [0.4, 0.5) is 0 Å². The second kappa shape index (κ2) is 4.31. The van der Waals surface area contributed by atoms with Gasteiger partial charge in [0.05, 0.1) is 0 Å². The van der Waals surface area contributed by atoms with Gasteiger partial charge in [-0.2, -0.15) is 0 Å². The van der Waals surface area contributed by atoms with Crippen molar-refractivity contribution in [3.8, 4) is 0 Å². The van der Waals surface area contributed by atoms with Gasteiger partial charge < -0.3 is 5.32 Å². The van der Waals surface area contributed by atoms with Crippen LogP contribution < -0.4 is 5.32 Å². The topological polar surface area (TPSA) is 29.1 Å². The van der Waals surface area contributed by atoms with E-state index in [4.69, 9.17) is 4.11 Å². The van der Waals surface area contributed by atoms with Gasteiger partial charge >= 0.3 is 0 Å². The Bertz CT molecular complexity index is 179. The first kappa shape index (κ1) is 5.16. The first-order chi connectivity index (χ1) is 5.73. The minimum Gasteiger partial charge on any atom is -0.354 e. The summed E-state index contributed by atoms with van der Waals surface area (Å²) in [5.41, 5.74) is 0. The van der Waals surface area contributed by atoms with Crippen molar-refractivity contribution in [1.82, 2.24) is 5.32 Å². The zero-order valence-corrected chi connectivity index (χ0v) is 6.77. The number of amides is 1. The molecule has 0 aromatic rings. The highest BCUT2D eigenvalue weighted by atomic mass is 16.1. The molecule has 0 aliphatic carbocycles. The lowest BCUT2D eigenvalue weighted by molar-refractivity contribution is -0.119. The van der Waals surface area contributed by atoms with E-state index in [1.165, 1.54) is 6.92 Å². The molecular weight excluding hydrogens is 126 g/mol. The molecule has 1 N–H and O–H groups in total. The summed E-state index contributed by atoms with van der Waals surface area (Å²) >= 11 is 0. The maximum Gasteiger partial charge on any atom is 0.217 e. The van der Waals surface area contributed by atoms with Crippen LogP contribution in [-0.4, -0.2) is 11.9 Å². The minimum absolute atomic E-state index is 0.0760. The molecular formula is C8H17NO. The molecule has 0 aromatic heterocycles. The Hall–Kier alpha value is -0.530. The summed E-state index contributed by atoms with van der Waals surface area (Å²) < 4.78 is 21.4. The van der Waals surface area contributed by atoms with E-state index in [1.54, 1.807) is 6.92 Å². The molecule has 10 heavy (non-hydrogen) atoms. The van der Waals surface area contributed by atoms with Crippen LogP contribution in [0, 0.1) is 5.92 Å². The van der Waals surface area contributed by atoms with E-state index >= 15 is 0 Å². The van der Waals surface area contributed by atoms with Crippen LogP contribution in [0.2, 0.25) is 0 Å². The lowest BCUT2D eigenvalue weighted by Gasteiger charge is -2.13. The quantitative estimate of drug-likeness (QED) is 0.643. The van der Waals surface area contributed by atoms with Crippen LogP contribution in [0.25, 0.3) is 0 Å². The predicted molar refractivity (Wildman–Crippen MR) is 42.7 cm³/mol. The molecule has 0 radical (unpaired) electrons. The summed E-state index contributed by atoms with van der Waals surface area (Å²) in [6.07, 6.45) is 0.482. The van der Waals surface area contributed by atoms with E-state index in [-0.39, 0.29) is 17.9 Å². The fourth-order valence-electron chi connectivity index (χ4n) is 0.936. The Kier molecular flexibility index (Phi) is 2.23. The van der Waals surface area contributed by atoms with Gasteiger partial charge in [-0.15, -0.1) is 0 Å². The Balaban J connectivity index is 3.92. The lowest BCUT2D eigenvalue weighted by Crippen LogP contribution is -2.31. The molecule has 1 amide bonds. The van der Waals surface area contributed by atoms with Crippen molar-refractivity contribution in [3.63, 3.8) is 0 Å². The fraction of sp³-hybridized carbons (Fsp3) is 0.875. The lowest BCUT2D eigenvalue weighted by atomic mass is 10.1. The van der Waals surface area contributed by atoms with E-state index in [1.807, 2.05) is 6.92 Å². The predicted octanol–water partition coefficient (Wildman–Crippen LogP) is 1.56. The summed E-state index contributed by atoms with van der Waals surface area (Å²) in [4.78, 5) is 10.6. The molecule has 0 spiro atoms. The van der Waals surface area contributed by atoms with E-state index in [0.29, 0.717) is 6.42 Å². The number of hydrogen-bond donors (Lipinski definition) is 1. The molecule has 0 aliphatic heterocycles. The normalized spacial score (nSPS) is 21.7. The van der Waals surface area contributed by atoms with Crippen LogP contribution in [0.1, 0.15) is 38.2 Å². The summed E-state index contributed by atoms with van der Waals surface area (Å²) in [6.45, 7) is 2.98. The van der Waals surface area contributed by atoms with Gasteiger partial charge in [0.1, 0.15) is 0 Å². The van der Waals surface area contributed by atoms with Crippen LogP contribution in [-0.2, 0) is 4.79 Å². The zero-order chi connectivity index (χ0) is 10.6. The minimum atomic E-state index is -1.92. The van der Waals surface area contributed by atoms with Gasteiger partial charge in [0, 0.05) is 17.1 Å². The van der Waals surface area contributed by atoms with E-state index in [0.717, 1.165) is 0 Å². The first-order valence-electron chi connectivity index (χ1n) is 5.00. The molecule has 0 heterocycles. The van der Waals surface area contributed by atoms with Gasteiger partial charge in [-0.25, -0.2) is 0 Å². The molecule has 0 saturated heterocycles. The molecule has 0 rings (SSSR count). The SMILES string of the molecule is [2H]C([2H])([2H])C(C)C[C@H](C)NC(C)=O. The number of carbonyl (C=O) groups excluding carboxylic acids is 1. The molecule has 2 atom stereocenters. The molecule has 0 saturated carbocycles. The second-order valence-electron chi connectivity index (χ2n) is 2.74. The molecule has 0 aliphatic rings. The maximum atomic E-state index is 10.6. The Morgan fingerprint density at radius 1 is 1.70 bits per heavy atom. The van der Waals surface area contributed by atoms with Crippen molar-refractivity contribution in [1.29, 1.82) is 0 Å². The van der Waals surface area contributed by atoms with Gasteiger partial charge in [0.2, 0.25) is 5.91 Å². The van der Waals surface area contributed by atoms with E-state index in [2.05, 4.69) is 5.32 Å². The summed E-state index contributed by atoms with van der Waals surface area (Å²) in [7, 11) is 0. The molecule has 0 fully saturated rings. The monoisotopic (exact) mass is 146 g/mol. The van der Waals surface area contributed by atoms with Gasteiger partial charge in [0.15, 0.2) is 0 Å². The third kappa shape index (κ3) is 5.60. The highest BCUT2D eigenvalue weighted by Crippen LogP contribution is 2.02. The van der Waals surface area contributed by atoms with Crippen molar-refractivity contribution in [2.75, 3.05) is 0 Å². The summed E-state index contributed by atoms with van der Waals surface area (Å²) in [5, 5.41) is 2.66. The summed E-state index contributed by atoms with van der Waals surface area (Å²) in [6, 6.07) is -0.0760. The zero-order valence-electron chi connectivity index (χ0n) is 9.77. The molecule has 60 valence electrons. The molecule has 2 nitrogen and oxygen atoms in total. The Labute approximate surface area is 67.2 Å². The molecule has 2 heteroatoms. The number of nitrogens with one attached hydrogen (secondary N) is 1. The van der Waals surface area contributed by atoms with Crippen LogP contribution in [0.15, 0.2) is 0 Å². The molecule has 0 aromatic carbocycles. The maximum absolute atomic E-state index is 10.6. The van der Waals surface area contributed by atoms with Gasteiger partial charge in [0.25, 0.3) is 0 Å². The average molecular weight is 146 g/mol. The molecule has 0 bridgehead atoms.